The van der Waals surface area contributed by atoms with E-state index in [9.17, 15) is 19.8 Å². The second kappa shape index (κ2) is 16.3. The third-order valence-electron chi connectivity index (χ3n) is 7.18. The molecule has 0 aliphatic rings. The van der Waals surface area contributed by atoms with Gasteiger partial charge in [0.05, 0.1) is 22.5 Å². The summed E-state index contributed by atoms with van der Waals surface area (Å²) in [5, 5.41) is 26.7. The summed E-state index contributed by atoms with van der Waals surface area (Å²) >= 11 is 0. The zero-order chi connectivity index (χ0) is 28.7. The molecule has 214 valence electrons. The third kappa shape index (κ3) is 9.44. The molecule has 40 heavy (non-hydrogen) atoms. The van der Waals surface area contributed by atoms with Crippen LogP contribution in [0.15, 0.2) is 60.7 Å². The quantitative estimate of drug-likeness (QED) is 0.136. The van der Waals surface area contributed by atoms with Crippen molar-refractivity contribution in [3.8, 4) is 11.5 Å². The highest BCUT2D eigenvalue weighted by Crippen LogP contribution is 2.27. The van der Waals surface area contributed by atoms with Gasteiger partial charge in [-0.3, -0.25) is 9.59 Å². The zero-order valence-electron chi connectivity index (χ0n) is 24.0. The first kappa shape index (κ1) is 30.7. The average Bonchev–Trinajstić information content (AvgIpc) is 2.94. The Kier molecular flexibility index (Phi) is 12.6. The van der Waals surface area contributed by atoms with Gasteiger partial charge in [0.15, 0.2) is 0 Å². The average molecular weight is 545 g/mol. The number of phenols is 2. The Hall–Kier alpha value is -3.80. The first-order chi connectivity index (χ1) is 19.4. The molecule has 3 rings (SSSR count). The second-order valence-corrected chi connectivity index (χ2v) is 10.5. The molecule has 0 bridgehead atoms. The first-order valence-corrected chi connectivity index (χ1v) is 14.8. The molecule has 6 nitrogen and oxygen atoms in total. The highest BCUT2D eigenvalue weighted by Gasteiger charge is 2.17. The van der Waals surface area contributed by atoms with E-state index in [0.717, 1.165) is 49.7 Å². The first-order valence-electron chi connectivity index (χ1n) is 14.8. The van der Waals surface area contributed by atoms with Gasteiger partial charge in [-0.05, 0) is 73.2 Å². The summed E-state index contributed by atoms with van der Waals surface area (Å²) in [5.41, 5.74) is 3.12. The zero-order valence-corrected chi connectivity index (χ0v) is 24.0. The van der Waals surface area contributed by atoms with Crippen LogP contribution in [0, 0.1) is 0 Å². The van der Waals surface area contributed by atoms with E-state index in [2.05, 4.69) is 24.5 Å². The highest BCUT2D eigenvalue weighted by atomic mass is 16.3. The summed E-state index contributed by atoms with van der Waals surface area (Å²) in [4.78, 5) is 26.0. The maximum absolute atomic E-state index is 13.0. The fourth-order valence-corrected chi connectivity index (χ4v) is 4.80. The molecule has 0 atom stereocenters. The van der Waals surface area contributed by atoms with Crippen molar-refractivity contribution in [2.75, 3.05) is 10.6 Å². The van der Waals surface area contributed by atoms with E-state index < -0.39 is 11.8 Å². The van der Waals surface area contributed by atoms with Crippen LogP contribution in [0.1, 0.15) is 110 Å². The Morgan fingerprint density at radius 1 is 0.575 bits per heavy atom. The molecule has 0 fully saturated rings. The van der Waals surface area contributed by atoms with Crippen LogP contribution in [0.3, 0.4) is 0 Å². The Bertz CT molecular complexity index is 1160. The number of anilines is 2. The summed E-state index contributed by atoms with van der Waals surface area (Å²) in [6, 6.07) is 17.2. The summed E-state index contributed by atoms with van der Waals surface area (Å²) in [6.07, 6.45) is 13.4. The monoisotopic (exact) mass is 544 g/mol. The number of benzene rings is 3. The van der Waals surface area contributed by atoms with Gasteiger partial charge >= 0.3 is 0 Å². The van der Waals surface area contributed by atoms with Gasteiger partial charge in [0.1, 0.15) is 11.5 Å². The maximum atomic E-state index is 13.0. The van der Waals surface area contributed by atoms with Crippen LogP contribution < -0.4 is 10.6 Å². The highest BCUT2D eigenvalue weighted by molar-refractivity contribution is 6.11. The number of nitrogens with one attached hydrogen (secondary N) is 2. The van der Waals surface area contributed by atoms with E-state index in [4.69, 9.17) is 0 Å². The molecule has 2 amide bonds. The summed E-state index contributed by atoms with van der Waals surface area (Å²) in [5.74, 6) is -1.08. The SMILES string of the molecule is CCCCCCCc1ccc(C(=O)Nc2ccccc2NC(=O)c2ccc(CCCCCCC)cc2O)c(O)c1. The van der Waals surface area contributed by atoms with Crippen LogP contribution in [-0.2, 0) is 12.8 Å². The Morgan fingerprint density at radius 3 is 1.35 bits per heavy atom. The van der Waals surface area contributed by atoms with Crippen LogP contribution in [0.5, 0.6) is 11.5 Å². The number of phenolic OH excluding ortho intramolecular Hbond substituents is 2. The van der Waals surface area contributed by atoms with E-state index in [1.165, 1.54) is 38.5 Å². The van der Waals surface area contributed by atoms with E-state index in [1.54, 1.807) is 48.5 Å². The van der Waals surface area contributed by atoms with E-state index >= 15 is 0 Å². The lowest BCUT2D eigenvalue weighted by molar-refractivity contribution is 0.101. The number of hydrogen-bond acceptors (Lipinski definition) is 4. The van der Waals surface area contributed by atoms with Crippen molar-refractivity contribution in [3.05, 3.63) is 82.9 Å². The van der Waals surface area contributed by atoms with Crippen LogP contribution in [-0.4, -0.2) is 22.0 Å². The summed E-state index contributed by atoms with van der Waals surface area (Å²) in [6.45, 7) is 4.38. The van der Waals surface area contributed by atoms with Gasteiger partial charge in [0, 0.05) is 0 Å². The molecule has 0 saturated carbocycles. The predicted octanol–water partition coefficient (Wildman–Crippen LogP) is 8.63. The molecule has 4 N–H and O–H groups in total. The smallest absolute Gasteiger partial charge is 0.259 e. The minimum Gasteiger partial charge on any atom is -0.507 e. The number of rotatable bonds is 16. The van der Waals surface area contributed by atoms with Crippen molar-refractivity contribution < 1.29 is 19.8 Å². The number of para-hydroxylation sites is 2. The van der Waals surface area contributed by atoms with Crippen LogP contribution in [0.4, 0.5) is 11.4 Å². The molecule has 0 heterocycles. The number of hydrogen-bond donors (Lipinski definition) is 4. The lowest BCUT2D eigenvalue weighted by Gasteiger charge is -2.14. The topological polar surface area (TPSA) is 98.7 Å². The molecule has 3 aromatic carbocycles. The van der Waals surface area contributed by atoms with Gasteiger partial charge in [-0.2, -0.15) is 0 Å². The fraction of sp³-hybridized carbons (Fsp3) is 0.412. The minimum absolute atomic E-state index is 0.0690. The fourth-order valence-electron chi connectivity index (χ4n) is 4.80. The largest absolute Gasteiger partial charge is 0.507 e. The standard InChI is InChI=1S/C34H44N2O4/c1-3-5-7-9-11-15-25-19-21-27(31(37)23-25)33(39)35-29-17-13-14-18-30(29)36-34(40)28-22-20-26(24-32(28)38)16-12-10-8-6-4-2/h13-14,17-24,37-38H,3-12,15-16H2,1-2H3,(H,35,39)(H,36,40). The molecule has 6 heteroatoms. The minimum atomic E-state index is -0.472. The predicted molar refractivity (Wildman–Crippen MR) is 163 cm³/mol. The summed E-state index contributed by atoms with van der Waals surface area (Å²) in [7, 11) is 0. The van der Waals surface area contributed by atoms with Crippen molar-refractivity contribution in [1.82, 2.24) is 0 Å². The number of aromatic hydroxyl groups is 2. The van der Waals surface area contributed by atoms with E-state index in [1.807, 2.05) is 12.1 Å². The summed E-state index contributed by atoms with van der Waals surface area (Å²) < 4.78 is 0. The van der Waals surface area contributed by atoms with E-state index in [0.29, 0.717) is 11.4 Å². The van der Waals surface area contributed by atoms with Gasteiger partial charge in [-0.25, -0.2) is 0 Å². The normalized spacial score (nSPS) is 10.8. The number of carbonyl (C=O) groups is 2. The van der Waals surface area contributed by atoms with Gasteiger partial charge < -0.3 is 20.8 Å². The van der Waals surface area contributed by atoms with Crippen LogP contribution >= 0.6 is 0 Å². The second-order valence-electron chi connectivity index (χ2n) is 10.5. The van der Waals surface area contributed by atoms with Crippen LogP contribution in [0.2, 0.25) is 0 Å². The molecule has 0 aliphatic carbocycles. The Balaban J connectivity index is 1.61. The van der Waals surface area contributed by atoms with E-state index in [-0.39, 0.29) is 22.6 Å². The number of unbranched alkanes of at least 4 members (excludes halogenated alkanes) is 8. The number of amides is 2. The molecule has 0 aromatic heterocycles. The number of carbonyl (C=O) groups excluding carboxylic acids is 2. The van der Waals surface area contributed by atoms with Crippen molar-refractivity contribution >= 4 is 23.2 Å². The van der Waals surface area contributed by atoms with Gasteiger partial charge in [-0.1, -0.05) is 89.5 Å². The van der Waals surface area contributed by atoms with Gasteiger partial charge in [0.25, 0.3) is 11.8 Å². The van der Waals surface area contributed by atoms with Crippen LogP contribution in [0.25, 0.3) is 0 Å². The molecule has 0 unspecified atom stereocenters. The molecule has 0 saturated heterocycles. The Morgan fingerprint density at radius 2 is 0.975 bits per heavy atom. The lowest BCUT2D eigenvalue weighted by Crippen LogP contribution is -2.17. The maximum Gasteiger partial charge on any atom is 0.259 e. The van der Waals surface area contributed by atoms with Gasteiger partial charge in [-0.15, -0.1) is 0 Å². The Labute approximate surface area is 238 Å². The lowest BCUT2D eigenvalue weighted by atomic mass is 10.0. The molecular weight excluding hydrogens is 500 g/mol. The third-order valence-corrected chi connectivity index (χ3v) is 7.18. The molecule has 0 spiro atoms. The molecule has 0 radical (unpaired) electrons. The van der Waals surface area contributed by atoms with Crippen molar-refractivity contribution in [2.45, 2.75) is 90.9 Å². The van der Waals surface area contributed by atoms with Crippen molar-refractivity contribution in [1.29, 1.82) is 0 Å². The molecule has 3 aromatic rings. The number of aryl methyl sites for hydroxylation is 2. The van der Waals surface area contributed by atoms with Crippen molar-refractivity contribution in [3.63, 3.8) is 0 Å². The molecule has 0 aliphatic heterocycles. The molecular formula is C34H44N2O4. The van der Waals surface area contributed by atoms with Crippen molar-refractivity contribution in [2.24, 2.45) is 0 Å². The van der Waals surface area contributed by atoms with Gasteiger partial charge in [0.2, 0.25) is 0 Å².